The van der Waals surface area contributed by atoms with Gasteiger partial charge in [-0.1, -0.05) is 0 Å². The molecule has 1 heterocycles. The molecule has 0 unspecified atom stereocenters. The van der Waals surface area contributed by atoms with Crippen LogP contribution in [-0.2, 0) is 0 Å². The summed E-state index contributed by atoms with van der Waals surface area (Å²) in [5.74, 6) is 0.626. The van der Waals surface area contributed by atoms with Crippen molar-refractivity contribution in [3.05, 3.63) is 42.1 Å². The third kappa shape index (κ3) is 2.95. The first-order chi connectivity index (χ1) is 8.31. The van der Waals surface area contributed by atoms with Crippen LogP contribution in [0.4, 0.5) is 11.5 Å². The highest BCUT2D eigenvalue weighted by Crippen LogP contribution is 2.19. The van der Waals surface area contributed by atoms with Gasteiger partial charge in [-0.3, -0.25) is 0 Å². The molecule has 0 bridgehead atoms. The van der Waals surface area contributed by atoms with Crippen LogP contribution in [0.5, 0.6) is 0 Å². The first kappa shape index (κ1) is 11.4. The molecule has 0 saturated heterocycles. The van der Waals surface area contributed by atoms with E-state index in [1.54, 1.807) is 23.9 Å². The third-order valence-electron chi connectivity index (χ3n) is 2.14. The summed E-state index contributed by atoms with van der Waals surface area (Å²) in [6.07, 6.45) is 2.04. The van der Waals surface area contributed by atoms with E-state index in [9.17, 15) is 0 Å². The lowest BCUT2D eigenvalue weighted by atomic mass is 10.3. The van der Waals surface area contributed by atoms with Crippen LogP contribution in [0.15, 0.2) is 41.3 Å². The minimum atomic E-state index is 0.313. The van der Waals surface area contributed by atoms with Gasteiger partial charge in [-0.05, 0) is 42.7 Å². The minimum Gasteiger partial charge on any atom is -0.339 e. The number of nitrogens with zero attached hydrogens (tertiary/aromatic N) is 3. The van der Waals surface area contributed by atoms with Crippen molar-refractivity contribution in [2.75, 3.05) is 11.6 Å². The van der Waals surface area contributed by atoms with Crippen molar-refractivity contribution in [3.8, 4) is 6.07 Å². The van der Waals surface area contributed by atoms with E-state index >= 15 is 0 Å². The zero-order valence-electron chi connectivity index (χ0n) is 9.21. The molecule has 5 heteroatoms. The van der Waals surface area contributed by atoms with Crippen molar-refractivity contribution in [1.29, 1.82) is 5.26 Å². The Morgan fingerprint density at radius 3 is 2.41 bits per heavy atom. The number of aromatic nitrogens is 2. The summed E-state index contributed by atoms with van der Waals surface area (Å²) in [5, 5.41) is 19.4. The molecule has 0 fully saturated rings. The van der Waals surface area contributed by atoms with E-state index in [0.29, 0.717) is 11.5 Å². The van der Waals surface area contributed by atoms with Gasteiger partial charge in [-0.25, -0.2) is 0 Å². The SMILES string of the molecule is CSc1ccc(Nc2ccc(C#N)nn2)cc1. The van der Waals surface area contributed by atoms with Gasteiger partial charge in [0, 0.05) is 10.6 Å². The molecule has 0 atom stereocenters. The zero-order chi connectivity index (χ0) is 12.1. The molecule has 1 aromatic carbocycles. The Morgan fingerprint density at radius 1 is 1.12 bits per heavy atom. The molecule has 0 saturated carbocycles. The van der Waals surface area contributed by atoms with E-state index in [-0.39, 0.29) is 0 Å². The van der Waals surface area contributed by atoms with Gasteiger partial charge in [-0.2, -0.15) is 5.26 Å². The van der Waals surface area contributed by atoms with Crippen LogP contribution in [0.25, 0.3) is 0 Å². The molecule has 0 radical (unpaired) electrons. The fourth-order valence-corrected chi connectivity index (χ4v) is 1.69. The summed E-state index contributed by atoms with van der Waals surface area (Å²) in [6, 6.07) is 13.3. The Morgan fingerprint density at radius 2 is 1.88 bits per heavy atom. The van der Waals surface area contributed by atoms with E-state index in [2.05, 4.69) is 15.5 Å². The van der Waals surface area contributed by atoms with E-state index in [1.165, 1.54) is 4.90 Å². The molecule has 0 aliphatic rings. The van der Waals surface area contributed by atoms with Gasteiger partial charge in [0.15, 0.2) is 11.5 Å². The van der Waals surface area contributed by atoms with Crippen molar-refractivity contribution in [3.63, 3.8) is 0 Å². The molecule has 17 heavy (non-hydrogen) atoms. The Labute approximate surface area is 104 Å². The van der Waals surface area contributed by atoms with Crippen LogP contribution < -0.4 is 5.32 Å². The van der Waals surface area contributed by atoms with Crippen LogP contribution >= 0.6 is 11.8 Å². The lowest BCUT2D eigenvalue weighted by Crippen LogP contribution is -1.96. The minimum absolute atomic E-state index is 0.313. The van der Waals surface area contributed by atoms with Crippen molar-refractivity contribution >= 4 is 23.3 Å². The summed E-state index contributed by atoms with van der Waals surface area (Å²) < 4.78 is 0. The molecule has 4 nitrogen and oxygen atoms in total. The molecule has 0 spiro atoms. The Kier molecular flexibility index (Phi) is 3.58. The van der Waals surface area contributed by atoms with Gasteiger partial charge in [0.2, 0.25) is 0 Å². The lowest BCUT2D eigenvalue weighted by molar-refractivity contribution is 1.01. The summed E-state index contributed by atoms with van der Waals surface area (Å²) in [7, 11) is 0. The Balaban J connectivity index is 2.11. The molecule has 84 valence electrons. The molecule has 1 N–H and O–H groups in total. The summed E-state index contributed by atoms with van der Waals surface area (Å²) in [6.45, 7) is 0. The first-order valence-corrected chi connectivity index (χ1v) is 6.19. The quantitative estimate of drug-likeness (QED) is 0.838. The average Bonchev–Trinajstić information content (AvgIpc) is 2.40. The smallest absolute Gasteiger partial charge is 0.163 e. The summed E-state index contributed by atoms with van der Waals surface area (Å²) in [5.41, 5.74) is 1.26. The lowest BCUT2D eigenvalue weighted by Gasteiger charge is -2.05. The third-order valence-corrected chi connectivity index (χ3v) is 2.89. The number of benzene rings is 1. The van der Waals surface area contributed by atoms with Gasteiger partial charge < -0.3 is 5.32 Å². The molecular weight excluding hydrogens is 232 g/mol. The van der Waals surface area contributed by atoms with E-state index < -0.39 is 0 Å². The zero-order valence-corrected chi connectivity index (χ0v) is 10.0. The molecule has 0 aliphatic carbocycles. The Bertz CT molecular complexity index is 528. The van der Waals surface area contributed by atoms with Gasteiger partial charge in [0.1, 0.15) is 6.07 Å². The second-order valence-corrected chi connectivity index (χ2v) is 4.15. The van der Waals surface area contributed by atoms with Gasteiger partial charge in [0.25, 0.3) is 0 Å². The summed E-state index contributed by atoms with van der Waals surface area (Å²) in [4.78, 5) is 1.21. The molecule has 1 aromatic heterocycles. The number of anilines is 2. The number of rotatable bonds is 3. The van der Waals surface area contributed by atoms with E-state index in [1.807, 2.05) is 36.6 Å². The van der Waals surface area contributed by atoms with Crippen molar-refractivity contribution in [1.82, 2.24) is 10.2 Å². The molecule has 0 aliphatic heterocycles. The summed E-state index contributed by atoms with van der Waals surface area (Å²) >= 11 is 1.70. The topological polar surface area (TPSA) is 61.6 Å². The monoisotopic (exact) mass is 242 g/mol. The predicted octanol–water partition coefficient (Wildman–Crippen LogP) is 2.81. The highest BCUT2D eigenvalue weighted by molar-refractivity contribution is 7.98. The number of nitriles is 1. The maximum Gasteiger partial charge on any atom is 0.163 e. The first-order valence-electron chi connectivity index (χ1n) is 4.97. The highest BCUT2D eigenvalue weighted by Gasteiger charge is 1.98. The van der Waals surface area contributed by atoms with E-state index in [4.69, 9.17) is 5.26 Å². The van der Waals surface area contributed by atoms with Crippen LogP contribution in [0.3, 0.4) is 0 Å². The number of hydrogen-bond donors (Lipinski definition) is 1. The largest absolute Gasteiger partial charge is 0.339 e. The van der Waals surface area contributed by atoms with Crippen LogP contribution in [0.2, 0.25) is 0 Å². The maximum atomic E-state index is 8.60. The predicted molar refractivity (Wildman–Crippen MR) is 68.3 cm³/mol. The second-order valence-electron chi connectivity index (χ2n) is 3.27. The van der Waals surface area contributed by atoms with Crippen molar-refractivity contribution < 1.29 is 0 Å². The van der Waals surface area contributed by atoms with Gasteiger partial charge >= 0.3 is 0 Å². The van der Waals surface area contributed by atoms with Crippen molar-refractivity contribution in [2.45, 2.75) is 4.90 Å². The van der Waals surface area contributed by atoms with Crippen LogP contribution in [0.1, 0.15) is 5.69 Å². The van der Waals surface area contributed by atoms with Crippen molar-refractivity contribution in [2.24, 2.45) is 0 Å². The number of hydrogen-bond acceptors (Lipinski definition) is 5. The molecule has 2 aromatic rings. The Hall–Kier alpha value is -2.06. The number of nitrogens with one attached hydrogen (secondary N) is 1. The fourth-order valence-electron chi connectivity index (χ4n) is 1.28. The second kappa shape index (κ2) is 5.32. The van der Waals surface area contributed by atoms with Crippen LogP contribution in [-0.4, -0.2) is 16.5 Å². The molecule has 0 amide bonds. The van der Waals surface area contributed by atoms with Crippen LogP contribution in [0, 0.1) is 11.3 Å². The number of thioether (sulfide) groups is 1. The maximum absolute atomic E-state index is 8.60. The fraction of sp³-hybridized carbons (Fsp3) is 0.0833. The van der Waals surface area contributed by atoms with Gasteiger partial charge in [0.05, 0.1) is 0 Å². The standard InChI is InChI=1S/C12H10N4S/c1-17-11-5-2-9(3-6-11)14-12-7-4-10(8-13)15-16-12/h2-7H,1H3,(H,14,16). The van der Waals surface area contributed by atoms with Gasteiger partial charge in [-0.15, -0.1) is 22.0 Å². The molecule has 2 rings (SSSR count). The van der Waals surface area contributed by atoms with E-state index in [0.717, 1.165) is 5.69 Å². The normalized spacial score (nSPS) is 9.65. The molecular formula is C12H10N4S. The average molecular weight is 242 g/mol. The highest BCUT2D eigenvalue weighted by atomic mass is 32.2.